The molecule has 1 aliphatic heterocycles. The number of amides is 1. The number of carbonyl (C=O) groups is 1. The van der Waals surface area contributed by atoms with Crippen molar-refractivity contribution in [2.75, 3.05) is 26.2 Å². The van der Waals surface area contributed by atoms with Crippen molar-refractivity contribution in [3.05, 3.63) is 71.4 Å². The quantitative estimate of drug-likeness (QED) is 0.667. The predicted octanol–water partition coefficient (Wildman–Crippen LogP) is 3.00. The lowest BCUT2D eigenvalue weighted by Gasteiger charge is -2.34. The monoisotopic (exact) mass is 409 g/mol. The van der Waals surface area contributed by atoms with Crippen LogP contribution in [0.15, 0.2) is 59.6 Å². The molecule has 0 unspecified atom stereocenters. The molecule has 1 amide bonds. The average Bonchev–Trinajstić information content (AvgIpc) is 2.73. The second-order valence-corrected chi connectivity index (χ2v) is 9.26. The van der Waals surface area contributed by atoms with Gasteiger partial charge in [-0.2, -0.15) is 4.31 Å². The van der Waals surface area contributed by atoms with Crippen LogP contribution in [-0.4, -0.2) is 54.7 Å². The maximum Gasteiger partial charge on any atom is 0.254 e. The molecule has 7 heteroatoms. The molecule has 0 aliphatic carbocycles. The summed E-state index contributed by atoms with van der Waals surface area (Å²) in [6.07, 6.45) is 1.68. The Bertz CT molecular complexity index is 1180. The van der Waals surface area contributed by atoms with E-state index in [2.05, 4.69) is 4.98 Å². The Hall–Kier alpha value is -2.77. The van der Waals surface area contributed by atoms with E-state index in [1.165, 1.54) is 4.31 Å². The maximum absolute atomic E-state index is 13.3. The smallest absolute Gasteiger partial charge is 0.254 e. The summed E-state index contributed by atoms with van der Waals surface area (Å²) < 4.78 is 28.0. The van der Waals surface area contributed by atoms with Crippen LogP contribution in [0.3, 0.4) is 0 Å². The normalized spacial score (nSPS) is 15.6. The lowest BCUT2D eigenvalue weighted by molar-refractivity contribution is 0.0697. The summed E-state index contributed by atoms with van der Waals surface area (Å²) in [6.45, 7) is 5.10. The highest BCUT2D eigenvalue weighted by atomic mass is 32.2. The molecule has 0 bridgehead atoms. The van der Waals surface area contributed by atoms with Crippen molar-refractivity contribution < 1.29 is 13.2 Å². The number of hydrogen-bond acceptors (Lipinski definition) is 4. The number of fused-ring (bicyclic) bond motifs is 1. The predicted molar refractivity (Wildman–Crippen MR) is 112 cm³/mol. The molecule has 0 atom stereocenters. The molecule has 0 N–H and O–H groups in total. The lowest BCUT2D eigenvalue weighted by atomic mass is 10.1. The Morgan fingerprint density at radius 2 is 1.69 bits per heavy atom. The zero-order valence-electron chi connectivity index (χ0n) is 16.5. The highest BCUT2D eigenvalue weighted by Crippen LogP contribution is 2.26. The van der Waals surface area contributed by atoms with Crippen molar-refractivity contribution >= 4 is 26.8 Å². The molecule has 4 rings (SSSR count). The number of rotatable bonds is 3. The Balaban J connectivity index is 1.56. The first kappa shape index (κ1) is 19.5. The van der Waals surface area contributed by atoms with Crippen molar-refractivity contribution in [3.63, 3.8) is 0 Å². The minimum Gasteiger partial charge on any atom is -0.336 e. The zero-order chi connectivity index (χ0) is 20.6. The topological polar surface area (TPSA) is 70.6 Å². The third-order valence-corrected chi connectivity index (χ3v) is 7.26. The van der Waals surface area contributed by atoms with E-state index in [4.69, 9.17) is 0 Å². The average molecular weight is 410 g/mol. The van der Waals surface area contributed by atoms with Gasteiger partial charge < -0.3 is 4.90 Å². The summed E-state index contributed by atoms with van der Waals surface area (Å²) in [6, 6.07) is 14.6. The highest BCUT2D eigenvalue weighted by Gasteiger charge is 2.32. The van der Waals surface area contributed by atoms with Gasteiger partial charge in [0, 0.05) is 43.3 Å². The molecule has 2 heterocycles. The molecular weight excluding hydrogens is 386 g/mol. The summed E-state index contributed by atoms with van der Waals surface area (Å²) in [4.78, 5) is 19.1. The number of aromatic nitrogens is 1. The first-order chi connectivity index (χ1) is 13.9. The third kappa shape index (κ3) is 3.63. The summed E-state index contributed by atoms with van der Waals surface area (Å²) in [5.74, 6) is -0.0533. The molecule has 6 nitrogen and oxygen atoms in total. The van der Waals surface area contributed by atoms with Gasteiger partial charge in [-0.1, -0.05) is 30.3 Å². The van der Waals surface area contributed by atoms with Gasteiger partial charge in [-0.15, -0.1) is 0 Å². The summed E-state index contributed by atoms with van der Waals surface area (Å²) in [5.41, 5.74) is 3.05. The van der Waals surface area contributed by atoms with Gasteiger partial charge >= 0.3 is 0 Å². The number of benzene rings is 2. The van der Waals surface area contributed by atoms with Crippen LogP contribution in [0.1, 0.15) is 21.5 Å². The standard InChI is InChI=1S/C22H23N3O3S/c1-16-14-18-7-5-9-20(21(18)23-15-16)29(27,28)25-12-10-24(11-13-25)22(26)19-8-4-3-6-17(19)2/h3-9,14-15H,10-13H2,1-2H3. The lowest BCUT2D eigenvalue weighted by Crippen LogP contribution is -2.50. The van der Waals surface area contributed by atoms with Crippen LogP contribution < -0.4 is 0 Å². The van der Waals surface area contributed by atoms with Crippen LogP contribution in [0, 0.1) is 13.8 Å². The highest BCUT2D eigenvalue weighted by molar-refractivity contribution is 7.89. The van der Waals surface area contributed by atoms with Crippen LogP contribution in [0.25, 0.3) is 10.9 Å². The number of sulfonamides is 1. The van der Waals surface area contributed by atoms with Crippen LogP contribution >= 0.6 is 0 Å². The van der Waals surface area contributed by atoms with Gasteiger partial charge in [0.2, 0.25) is 10.0 Å². The van der Waals surface area contributed by atoms with Crippen molar-refractivity contribution in [1.82, 2.24) is 14.2 Å². The van der Waals surface area contributed by atoms with E-state index in [1.54, 1.807) is 23.2 Å². The molecule has 1 fully saturated rings. The van der Waals surface area contributed by atoms with Crippen LogP contribution in [0.2, 0.25) is 0 Å². The first-order valence-corrected chi connectivity index (χ1v) is 11.0. The van der Waals surface area contributed by atoms with Crippen molar-refractivity contribution in [1.29, 1.82) is 0 Å². The minimum atomic E-state index is -3.69. The Kier molecular flexibility index (Phi) is 5.10. The SMILES string of the molecule is Cc1cnc2c(S(=O)(=O)N3CCN(C(=O)c4ccccc4C)CC3)cccc2c1. The van der Waals surface area contributed by atoms with Gasteiger partial charge in [0.25, 0.3) is 5.91 Å². The van der Waals surface area contributed by atoms with Crippen LogP contribution in [0.4, 0.5) is 0 Å². The number of hydrogen-bond donors (Lipinski definition) is 0. The minimum absolute atomic E-state index is 0.0533. The van der Waals surface area contributed by atoms with Gasteiger partial charge in [-0.25, -0.2) is 8.42 Å². The number of carbonyl (C=O) groups excluding carboxylic acids is 1. The molecule has 0 radical (unpaired) electrons. The summed E-state index contributed by atoms with van der Waals surface area (Å²) in [7, 11) is -3.69. The molecular formula is C22H23N3O3S. The fourth-order valence-corrected chi connectivity index (χ4v) is 5.29. The number of nitrogens with zero attached hydrogens (tertiary/aromatic N) is 3. The van der Waals surface area contributed by atoms with E-state index in [9.17, 15) is 13.2 Å². The molecule has 1 saturated heterocycles. The zero-order valence-corrected chi connectivity index (χ0v) is 17.3. The van der Waals surface area contributed by atoms with Gasteiger partial charge in [0.1, 0.15) is 4.90 Å². The van der Waals surface area contributed by atoms with Crippen molar-refractivity contribution in [3.8, 4) is 0 Å². The Labute approximate surface area is 170 Å². The molecule has 1 aromatic heterocycles. The van der Waals surface area contributed by atoms with E-state index in [0.29, 0.717) is 24.2 Å². The maximum atomic E-state index is 13.3. The number of para-hydroxylation sites is 1. The number of piperazine rings is 1. The molecule has 0 saturated carbocycles. The van der Waals surface area contributed by atoms with Crippen LogP contribution in [-0.2, 0) is 10.0 Å². The van der Waals surface area contributed by atoms with Gasteiger partial charge in [-0.3, -0.25) is 9.78 Å². The Morgan fingerprint density at radius 3 is 2.41 bits per heavy atom. The summed E-state index contributed by atoms with van der Waals surface area (Å²) in [5, 5.41) is 0.805. The fraction of sp³-hybridized carbons (Fsp3) is 0.273. The molecule has 150 valence electrons. The number of aryl methyl sites for hydroxylation is 2. The fourth-order valence-electron chi connectivity index (χ4n) is 3.70. The summed E-state index contributed by atoms with van der Waals surface area (Å²) >= 11 is 0. The van der Waals surface area contributed by atoms with E-state index in [1.807, 2.05) is 50.2 Å². The van der Waals surface area contributed by atoms with Gasteiger partial charge in [-0.05, 0) is 43.2 Å². The second-order valence-electron chi connectivity index (χ2n) is 7.35. The van der Waals surface area contributed by atoms with E-state index in [-0.39, 0.29) is 23.9 Å². The van der Waals surface area contributed by atoms with E-state index in [0.717, 1.165) is 16.5 Å². The first-order valence-electron chi connectivity index (χ1n) is 9.58. The molecule has 0 spiro atoms. The van der Waals surface area contributed by atoms with Crippen molar-refractivity contribution in [2.24, 2.45) is 0 Å². The second kappa shape index (κ2) is 7.57. The molecule has 3 aromatic rings. The van der Waals surface area contributed by atoms with E-state index >= 15 is 0 Å². The van der Waals surface area contributed by atoms with Crippen LogP contribution in [0.5, 0.6) is 0 Å². The molecule has 2 aromatic carbocycles. The molecule has 29 heavy (non-hydrogen) atoms. The largest absolute Gasteiger partial charge is 0.336 e. The molecule has 1 aliphatic rings. The van der Waals surface area contributed by atoms with Crippen molar-refractivity contribution in [2.45, 2.75) is 18.7 Å². The van der Waals surface area contributed by atoms with E-state index < -0.39 is 10.0 Å². The van der Waals surface area contributed by atoms with Gasteiger partial charge in [0.15, 0.2) is 0 Å². The van der Waals surface area contributed by atoms with Gasteiger partial charge in [0.05, 0.1) is 5.52 Å². The Morgan fingerprint density at radius 1 is 0.966 bits per heavy atom. The number of pyridine rings is 1. The third-order valence-electron chi connectivity index (χ3n) is 5.33.